The number of hydrogen-bond donors (Lipinski definition) is 0. The van der Waals surface area contributed by atoms with Crippen molar-refractivity contribution in [2.45, 2.75) is 58.2 Å². The van der Waals surface area contributed by atoms with Crippen molar-refractivity contribution in [2.24, 2.45) is 0 Å². The molecule has 0 heterocycles. The van der Waals surface area contributed by atoms with Crippen LogP contribution < -0.4 is 0 Å². The van der Waals surface area contributed by atoms with Crippen molar-refractivity contribution < 1.29 is 5.48 Å². The van der Waals surface area contributed by atoms with Gasteiger partial charge >= 0.3 is 0 Å². The third-order valence-corrected chi connectivity index (χ3v) is 6.00. The molecule has 0 aliphatic rings. The van der Waals surface area contributed by atoms with Crippen molar-refractivity contribution in [3.63, 3.8) is 0 Å². The smallest absolute Gasteiger partial charge is 0.0561 e. The summed E-state index contributed by atoms with van der Waals surface area (Å²) in [5.41, 5.74) is 2.81. The Kier molecular flexibility index (Phi) is 7.22. The summed E-state index contributed by atoms with van der Waals surface area (Å²) >= 11 is 0. The summed E-state index contributed by atoms with van der Waals surface area (Å²) in [6.45, 7) is 14.2. The van der Waals surface area contributed by atoms with Crippen LogP contribution in [0.15, 0.2) is 0 Å². The van der Waals surface area contributed by atoms with Crippen LogP contribution in [0, 0.1) is 0 Å². The maximum Gasteiger partial charge on any atom is 0.0561 e. The Balaban J connectivity index is 0. The summed E-state index contributed by atoms with van der Waals surface area (Å²) in [6.07, 6.45) is 0. The van der Waals surface area contributed by atoms with Gasteiger partial charge in [-0.3, -0.25) is 0 Å². The molecule has 11 heavy (non-hydrogen) atoms. The molecule has 0 aromatic rings. The lowest BCUT2D eigenvalue weighted by Crippen LogP contribution is -2.24. The van der Waals surface area contributed by atoms with Crippen molar-refractivity contribution in [3.8, 4) is 0 Å². The van der Waals surface area contributed by atoms with Crippen molar-refractivity contribution in [1.82, 2.24) is 0 Å². The standard InChI is InChI=1S/C9H21Si.H2O/c1-7(2)10(8(3)4)9(5)6;/h7-9H,1-6H3;1H2. The van der Waals surface area contributed by atoms with Crippen LogP contribution >= 0.6 is 0 Å². The van der Waals surface area contributed by atoms with Gasteiger partial charge in [0.1, 0.15) is 0 Å². The number of hydrogen-bond acceptors (Lipinski definition) is 0. The van der Waals surface area contributed by atoms with Gasteiger partial charge in [-0.1, -0.05) is 58.2 Å². The maximum absolute atomic E-state index is 2.37. The summed E-state index contributed by atoms with van der Waals surface area (Å²) in [5, 5.41) is 0. The Morgan fingerprint density at radius 2 is 0.818 bits per heavy atom. The molecule has 2 heteroatoms. The largest absolute Gasteiger partial charge is 0.412 e. The lowest BCUT2D eigenvalue weighted by atomic mass is 10.5. The van der Waals surface area contributed by atoms with Crippen molar-refractivity contribution in [2.75, 3.05) is 0 Å². The Hall–Kier alpha value is 0.177. The first-order valence-corrected chi connectivity index (χ1v) is 6.06. The molecule has 1 radical (unpaired) electrons. The SMILES string of the molecule is CC(C)[Si](C(C)C)C(C)C.O. The summed E-state index contributed by atoms with van der Waals surface area (Å²) in [4.78, 5) is 0. The van der Waals surface area contributed by atoms with E-state index in [1.807, 2.05) is 0 Å². The third kappa shape index (κ3) is 4.59. The highest BCUT2D eigenvalue weighted by atomic mass is 28.3. The molecular formula is C9H23OSi. The zero-order chi connectivity index (χ0) is 8.31. The van der Waals surface area contributed by atoms with E-state index in [4.69, 9.17) is 0 Å². The maximum atomic E-state index is 2.37. The summed E-state index contributed by atoms with van der Waals surface area (Å²) < 4.78 is 0. The van der Waals surface area contributed by atoms with Crippen LogP contribution in [0.1, 0.15) is 41.5 Å². The summed E-state index contributed by atoms with van der Waals surface area (Å²) in [5.74, 6) is 0. The quantitative estimate of drug-likeness (QED) is 0.591. The van der Waals surface area contributed by atoms with Crippen molar-refractivity contribution >= 4 is 8.80 Å². The van der Waals surface area contributed by atoms with E-state index in [2.05, 4.69) is 41.5 Å². The zero-order valence-electron chi connectivity index (χ0n) is 8.73. The van der Waals surface area contributed by atoms with Crippen molar-refractivity contribution in [1.29, 1.82) is 0 Å². The summed E-state index contributed by atoms with van der Waals surface area (Å²) in [6, 6.07) is 0. The van der Waals surface area contributed by atoms with Gasteiger partial charge in [0.15, 0.2) is 0 Å². The lowest BCUT2D eigenvalue weighted by molar-refractivity contribution is 0.824. The molecule has 0 spiro atoms. The fourth-order valence-electron chi connectivity index (χ4n) is 2.00. The first-order chi connectivity index (χ1) is 4.46. The number of rotatable bonds is 3. The molecule has 0 bridgehead atoms. The fourth-order valence-corrected chi connectivity index (χ4v) is 6.00. The van der Waals surface area contributed by atoms with Crippen LogP contribution in [0.3, 0.4) is 0 Å². The molecule has 0 atom stereocenters. The first kappa shape index (κ1) is 13.7. The van der Waals surface area contributed by atoms with Gasteiger partial charge in [-0.15, -0.1) is 0 Å². The Morgan fingerprint density at radius 3 is 0.818 bits per heavy atom. The van der Waals surface area contributed by atoms with Gasteiger partial charge < -0.3 is 5.48 Å². The average Bonchev–Trinajstić information content (AvgIpc) is 1.59. The molecule has 0 saturated carbocycles. The zero-order valence-corrected chi connectivity index (χ0v) is 9.73. The molecule has 0 aromatic heterocycles. The molecule has 0 fully saturated rings. The van der Waals surface area contributed by atoms with E-state index in [9.17, 15) is 0 Å². The highest BCUT2D eigenvalue weighted by Crippen LogP contribution is 2.28. The van der Waals surface area contributed by atoms with E-state index >= 15 is 0 Å². The van der Waals surface area contributed by atoms with Crippen molar-refractivity contribution in [3.05, 3.63) is 0 Å². The highest BCUT2D eigenvalue weighted by molar-refractivity contribution is 6.63. The Bertz CT molecular complexity index is 70.5. The van der Waals surface area contributed by atoms with Crippen LogP contribution in [0.5, 0.6) is 0 Å². The normalized spacial score (nSPS) is 11.5. The van der Waals surface area contributed by atoms with E-state index < -0.39 is 0 Å². The Labute approximate surface area is 73.1 Å². The van der Waals surface area contributed by atoms with Gasteiger partial charge in [0.05, 0.1) is 8.80 Å². The first-order valence-electron chi connectivity index (χ1n) is 4.33. The fraction of sp³-hybridized carbons (Fsp3) is 1.00. The molecule has 0 rings (SSSR count). The van der Waals surface area contributed by atoms with Crippen LogP contribution in [-0.4, -0.2) is 14.3 Å². The molecule has 0 unspecified atom stereocenters. The molecular weight excluding hydrogens is 152 g/mol. The molecule has 1 nitrogen and oxygen atoms in total. The van der Waals surface area contributed by atoms with Crippen LogP contribution in [0.4, 0.5) is 0 Å². The topological polar surface area (TPSA) is 31.5 Å². The van der Waals surface area contributed by atoms with E-state index in [1.165, 1.54) is 0 Å². The average molecular weight is 175 g/mol. The monoisotopic (exact) mass is 175 g/mol. The minimum absolute atomic E-state index is 0. The second kappa shape index (κ2) is 5.78. The third-order valence-electron chi connectivity index (χ3n) is 2.00. The van der Waals surface area contributed by atoms with Crippen LogP contribution in [0.2, 0.25) is 16.6 Å². The molecule has 0 aliphatic heterocycles. The van der Waals surface area contributed by atoms with E-state index in [-0.39, 0.29) is 14.3 Å². The van der Waals surface area contributed by atoms with Gasteiger partial charge in [0, 0.05) is 0 Å². The highest BCUT2D eigenvalue weighted by Gasteiger charge is 2.22. The van der Waals surface area contributed by atoms with Gasteiger partial charge in [-0.05, 0) is 0 Å². The van der Waals surface area contributed by atoms with Crippen LogP contribution in [-0.2, 0) is 0 Å². The Morgan fingerprint density at radius 1 is 0.636 bits per heavy atom. The minimum atomic E-state index is -0.0957. The van der Waals surface area contributed by atoms with E-state index in [1.54, 1.807) is 0 Å². The van der Waals surface area contributed by atoms with Gasteiger partial charge in [0.25, 0.3) is 0 Å². The molecule has 0 amide bonds. The van der Waals surface area contributed by atoms with Gasteiger partial charge in [0.2, 0.25) is 0 Å². The molecule has 2 N–H and O–H groups in total. The van der Waals surface area contributed by atoms with Gasteiger partial charge in [-0.2, -0.15) is 0 Å². The lowest BCUT2D eigenvalue weighted by Gasteiger charge is -2.26. The predicted octanol–water partition coefficient (Wildman–Crippen LogP) is 2.89. The molecule has 0 saturated heterocycles. The van der Waals surface area contributed by atoms with E-state index in [0.717, 1.165) is 16.6 Å². The second-order valence-electron chi connectivity index (χ2n) is 3.96. The van der Waals surface area contributed by atoms with Crippen LogP contribution in [0.25, 0.3) is 0 Å². The minimum Gasteiger partial charge on any atom is -0.412 e. The van der Waals surface area contributed by atoms with Gasteiger partial charge in [-0.25, -0.2) is 0 Å². The molecule has 0 aliphatic carbocycles. The summed E-state index contributed by atoms with van der Waals surface area (Å²) in [7, 11) is -0.0957. The van der Waals surface area contributed by atoms with E-state index in [0.29, 0.717) is 0 Å². The molecule has 0 aromatic carbocycles. The predicted molar refractivity (Wildman–Crippen MR) is 54.7 cm³/mol. The molecule has 69 valence electrons. The second-order valence-corrected chi connectivity index (χ2v) is 8.43.